The summed E-state index contributed by atoms with van der Waals surface area (Å²) in [5.41, 5.74) is 0.561. The number of furan rings is 1. The van der Waals surface area contributed by atoms with E-state index in [-0.39, 0.29) is 24.4 Å². The van der Waals surface area contributed by atoms with Crippen LogP contribution in [0.4, 0.5) is 4.39 Å². The highest BCUT2D eigenvalue weighted by Gasteiger charge is 2.34. The predicted molar refractivity (Wildman–Crippen MR) is 117 cm³/mol. The number of hydrogen-bond acceptors (Lipinski definition) is 4. The lowest BCUT2D eigenvalue weighted by molar-refractivity contribution is -0.127. The number of benzene rings is 1. The Balaban J connectivity index is 1.70. The van der Waals surface area contributed by atoms with Crippen molar-refractivity contribution in [1.29, 1.82) is 0 Å². The summed E-state index contributed by atoms with van der Waals surface area (Å²) in [6.07, 6.45) is 6.73. The van der Waals surface area contributed by atoms with Gasteiger partial charge in [-0.3, -0.25) is 9.59 Å². The van der Waals surface area contributed by atoms with E-state index in [4.69, 9.17) is 4.42 Å². The standard InChI is InChI=1S/C24H25FN2O3S/c25-18-12-10-17(11-13-18)22(23(28)26-19-6-2-1-3-7-19)27(16-20-8-4-14-30-20)24(29)21-9-5-15-31-21/h4-5,8-15,19,22H,1-3,6-7,16H2,(H,26,28)/t22-/m1/s1. The molecule has 1 aliphatic carbocycles. The van der Waals surface area contributed by atoms with Crippen molar-refractivity contribution in [3.05, 3.63) is 82.2 Å². The largest absolute Gasteiger partial charge is 0.467 e. The number of nitrogens with one attached hydrogen (secondary N) is 1. The molecule has 162 valence electrons. The van der Waals surface area contributed by atoms with Crippen LogP contribution in [0.2, 0.25) is 0 Å². The van der Waals surface area contributed by atoms with Crippen molar-refractivity contribution < 1.29 is 18.4 Å². The van der Waals surface area contributed by atoms with Gasteiger partial charge in [-0.2, -0.15) is 0 Å². The van der Waals surface area contributed by atoms with Gasteiger partial charge in [0.1, 0.15) is 17.6 Å². The fourth-order valence-electron chi connectivity index (χ4n) is 4.04. The summed E-state index contributed by atoms with van der Waals surface area (Å²) < 4.78 is 19.1. The van der Waals surface area contributed by atoms with E-state index >= 15 is 0 Å². The van der Waals surface area contributed by atoms with Gasteiger partial charge in [-0.1, -0.05) is 37.5 Å². The second-order valence-corrected chi connectivity index (χ2v) is 8.74. The summed E-state index contributed by atoms with van der Waals surface area (Å²) in [7, 11) is 0. The number of amides is 2. The SMILES string of the molecule is O=C(NC1CCCCC1)[C@@H](c1ccc(F)cc1)N(Cc1ccco1)C(=O)c1cccs1. The minimum atomic E-state index is -0.901. The molecule has 0 spiro atoms. The lowest BCUT2D eigenvalue weighted by atomic mass is 9.94. The second-order valence-electron chi connectivity index (χ2n) is 7.79. The van der Waals surface area contributed by atoms with E-state index in [1.54, 1.807) is 36.4 Å². The fraction of sp³-hybridized carbons (Fsp3) is 0.333. The molecule has 0 bridgehead atoms. The molecule has 2 amide bonds. The molecule has 1 aromatic carbocycles. The minimum absolute atomic E-state index is 0.0894. The zero-order chi connectivity index (χ0) is 21.6. The summed E-state index contributed by atoms with van der Waals surface area (Å²) >= 11 is 1.32. The third-order valence-electron chi connectivity index (χ3n) is 5.60. The van der Waals surface area contributed by atoms with E-state index < -0.39 is 11.9 Å². The molecule has 7 heteroatoms. The van der Waals surface area contributed by atoms with E-state index in [1.165, 1.54) is 41.1 Å². The van der Waals surface area contributed by atoms with Crippen LogP contribution in [0.3, 0.4) is 0 Å². The summed E-state index contributed by atoms with van der Waals surface area (Å²) in [6.45, 7) is 0.129. The van der Waals surface area contributed by atoms with Gasteiger partial charge in [0.05, 0.1) is 17.7 Å². The molecule has 5 nitrogen and oxygen atoms in total. The Morgan fingerprint density at radius 3 is 2.52 bits per heavy atom. The molecule has 1 N–H and O–H groups in total. The van der Waals surface area contributed by atoms with Gasteiger partial charge in [0.25, 0.3) is 5.91 Å². The molecule has 1 atom stereocenters. The van der Waals surface area contributed by atoms with Crippen LogP contribution in [0, 0.1) is 5.82 Å². The van der Waals surface area contributed by atoms with Gasteiger partial charge in [0.2, 0.25) is 5.91 Å². The lowest BCUT2D eigenvalue weighted by Crippen LogP contribution is -2.46. The van der Waals surface area contributed by atoms with Crippen LogP contribution in [-0.2, 0) is 11.3 Å². The maximum absolute atomic E-state index is 13.6. The highest BCUT2D eigenvalue weighted by atomic mass is 32.1. The van der Waals surface area contributed by atoms with Gasteiger partial charge >= 0.3 is 0 Å². The molecule has 1 fully saturated rings. The first-order valence-corrected chi connectivity index (χ1v) is 11.4. The van der Waals surface area contributed by atoms with Crippen molar-refractivity contribution in [3.8, 4) is 0 Å². The average molecular weight is 441 g/mol. The Bertz CT molecular complexity index is 981. The van der Waals surface area contributed by atoms with Crippen molar-refractivity contribution in [1.82, 2.24) is 10.2 Å². The van der Waals surface area contributed by atoms with E-state index in [0.29, 0.717) is 16.2 Å². The molecule has 0 aliphatic heterocycles. The third-order valence-corrected chi connectivity index (χ3v) is 6.45. The minimum Gasteiger partial charge on any atom is -0.467 e. The van der Waals surface area contributed by atoms with E-state index in [0.717, 1.165) is 25.7 Å². The summed E-state index contributed by atoms with van der Waals surface area (Å²) in [5, 5.41) is 4.97. The predicted octanol–water partition coefficient (Wildman–Crippen LogP) is 5.31. The fourth-order valence-corrected chi connectivity index (χ4v) is 4.72. The van der Waals surface area contributed by atoms with Crippen molar-refractivity contribution in [2.75, 3.05) is 0 Å². The molecule has 2 heterocycles. The summed E-state index contributed by atoms with van der Waals surface area (Å²) in [6, 6.07) is 12.0. The number of carbonyl (C=O) groups is 2. The summed E-state index contributed by atoms with van der Waals surface area (Å²) in [5.74, 6) is -0.339. The van der Waals surface area contributed by atoms with Crippen molar-refractivity contribution >= 4 is 23.2 Å². The molecule has 0 saturated heterocycles. The zero-order valence-corrected chi connectivity index (χ0v) is 17.9. The van der Waals surface area contributed by atoms with Crippen LogP contribution >= 0.6 is 11.3 Å². The quantitative estimate of drug-likeness (QED) is 0.541. The maximum Gasteiger partial charge on any atom is 0.265 e. The first-order valence-electron chi connectivity index (χ1n) is 10.5. The maximum atomic E-state index is 13.6. The Hall–Kier alpha value is -2.93. The smallest absolute Gasteiger partial charge is 0.265 e. The van der Waals surface area contributed by atoms with Gasteiger partial charge in [0, 0.05) is 6.04 Å². The highest BCUT2D eigenvalue weighted by Crippen LogP contribution is 2.28. The van der Waals surface area contributed by atoms with Crippen LogP contribution in [0.5, 0.6) is 0 Å². The molecule has 1 aliphatic rings. The second kappa shape index (κ2) is 9.92. The van der Waals surface area contributed by atoms with Crippen LogP contribution in [0.15, 0.2) is 64.6 Å². The number of carbonyl (C=O) groups excluding carboxylic acids is 2. The van der Waals surface area contributed by atoms with Crippen molar-refractivity contribution in [2.45, 2.75) is 50.7 Å². The summed E-state index contributed by atoms with van der Waals surface area (Å²) in [4.78, 5) is 29.0. The molecule has 1 saturated carbocycles. The van der Waals surface area contributed by atoms with E-state index in [9.17, 15) is 14.0 Å². The first kappa shape index (κ1) is 21.3. The van der Waals surface area contributed by atoms with Crippen LogP contribution in [0.1, 0.15) is 59.1 Å². The zero-order valence-electron chi connectivity index (χ0n) is 17.1. The molecular formula is C24H25FN2O3S. The number of hydrogen-bond donors (Lipinski definition) is 1. The van der Waals surface area contributed by atoms with Crippen LogP contribution in [-0.4, -0.2) is 22.8 Å². The first-order chi connectivity index (χ1) is 15.1. The Morgan fingerprint density at radius 2 is 1.87 bits per heavy atom. The molecule has 0 unspecified atom stereocenters. The van der Waals surface area contributed by atoms with Gasteiger partial charge < -0.3 is 14.6 Å². The van der Waals surface area contributed by atoms with Crippen molar-refractivity contribution in [2.24, 2.45) is 0 Å². The van der Waals surface area contributed by atoms with Gasteiger partial charge in [-0.15, -0.1) is 11.3 Å². The Kier molecular flexibility index (Phi) is 6.82. The van der Waals surface area contributed by atoms with Gasteiger partial charge in [0.15, 0.2) is 0 Å². The van der Waals surface area contributed by atoms with Crippen LogP contribution in [0.25, 0.3) is 0 Å². The molecular weight excluding hydrogens is 415 g/mol. The number of thiophene rings is 1. The highest BCUT2D eigenvalue weighted by molar-refractivity contribution is 7.12. The van der Waals surface area contributed by atoms with Crippen LogP contribution < -0.4 is 5.32 Å². The number of halogens is 1. The molecule has 4 rings (SSSR count). The lowest BCUT2D eigenvalue weighted by Gasteiger charge is -2.32. The molecule has 31 heavy (non-hydrogen) atoms. The monoisotopic (exact) mass is 440 g/mol. The molecule has 2 aromatic heterocycles. The van der Waals surface area contributed by atoms with Crippen molar-refractivity contribution in [3.63, 3.8) is 0 Å². The molecule has 3 aromatic rings. The van der Waals surface area contributed by atoms with E-state index in [1.807, 2.05) is 5.38 Å². The Labute approximate surface area is 184 Å². The van der Waals surface area contributed by atoms with E-state index in [2.05, 4.69) is 5.32 Å². The Morgan fingerprint density at radius 1 is 1.10 bits per heavy atom. The van der Waals surface area contributed by atoms with Gasteiger partial charge in [-0.05, 0) is 54.1 Å². The third kappa shape index (κ3) is 5.22. The normalized spacial score (nSPS) is 15.4. The van der Waals surface area contributed by atoms with Gasteiger partial charge in [-0.25, -0.2) is 4.39 Å². The number of rotatable bonds is 7. The topological polar surface area (TPSA) is 62.6 Å². The average Bonchev–Trinajstić information content (AvgIpc) is 3.49. The number of nitrogens with zero attached hydrogens (tertiary/aromatic N) is 1. The molecule has 0 radical (unpaired) electrons.